The van der Waals surface area contributed by atoms with Crippen LogP contribution in [0.5, 0.6) is 0 Å². The Morgan fingerprint density at radius 2 is 2.00 bits per heavy atom. The summed E-state index contributed by atoms with van der Waals surface area (Å²) in [5.41, 5.74) is 1.63. The van der Waals surface area contributed by atoms with E-state index in [1.165, 1.54) is 0 Å². The fourth-order valence-corrected chi connectivity index (χ4v) is 1.61. The van der Waals surface area contributed by atoms with Crippen molar-refractivity contribution in [3.63, 3.8) is 0 Å². The highest BCUT2D eigenvalue weighted by atomic mass is 16.3. The molecule has 4 nitrogen and oxygen atoms in total. The van der Waals surface area contributed by atoms with Crippen molar-refractivity contribution < 1.29 is 10.2 Å². The SMILES string of the molecule is CC(C)N(CCO)c1ccc([C@H](C)O)nc1. The standard InChI is InChI=1S/C12H20N2O2/c1-9(2)14(6-7-15)11-4-5-12(10(3)16)13-8-11/h4-5,8-10,15-16H,6-7H2,1-3H3/t10-/m0/s1. The van der Waals surface area contributed by atoms with E-state index in [-0.39, 0.29) is 6.61 Å². The zero-order chi connectivity index (χ0) is 12.1. The molecule has 1 aromatic rings. The Morgan fingerprint density at radius 1 is 1.31 bits per heavy atom. The number of pyridine rings is 1. The van der Waals surface area contributed by atoms with E-state index in [2.05, 4.69) is 23.7 Å². The van der Waals surface area contributed by atoms with Crippen molar-refractivity contribution in [2.45, 2.75) is 32.9 Å². The van der Waals surface area contributed by atoms with Gasteiger partial charge in [0.05, 0.1) is 30.3 Å². The van der Waals surface area contributed by atoms with Gasteiger partial charge in [0.2, 0.25) is 0 Å². The zero-order valence-corrected chi connectivity index (χ0v) is 10.1. The predicted molar refractivity (Wildman–Crippen MR) is 64.4 cm³/mol. The quantitative estimate of drug-likeness (QED) is 0.792. The molecule has 1 heterocycles. The molecule has 1 aromatic heterocycles. The lowest BCUT2D eigenvalue weighted by atomic mass is 10.2. The van der Waals surface area contributed by atoms with E-state index in [0.717, 1.165) is 5.69 Å². The molecule has 4 heteroatoms. The predicted octanol–water partition coefficient (Wildman–Crippen LogP) is 1.34. The molecule has 0 aliphatic rings. The van der Waals surface area contributed by atoms with Crippen LogP contribution in [-0.2, 0) is 0 Å². The zero-order valence-electron chi connectivity index (χ0n) is 10.1. The van der Waals surface area contributed by atoms with Crippen molar-refractivity contribution in [3.8, 4) is 0 Å². The minimum absolute atomic E-state index is 0.121. The summed E-state index contributed by atoms with van der Waals surface area (Å²) < 4.78 is 0. The Hall–Kier alpha value is -1.13. The highest BCUT2D eigenvalue weighted by molar-refractivity contribution is 5.45. The van der Waals surface area contributed by atoms with Gasteiger partial charge in [-0.15, -0.1) is 0 Å². The molecule has 0 aromatic carbocycles. The molecule has 2 N–H and O–H groups in total. The molecule has 0 bridgehead atoms. The van der Waals surface area contributed by atoms with Crippen molar-refractivity contribution in [3.05, 3.63) is 24.0 Å². The van der Waals surface area contributed by atoms with E-state index < -0.39 is 6.10 Å². The molecule has 0 radical (unpaired) electrons. The highest BCUT2D eigenvalue weighted by Crippen LogP contribution is 2.18. The highest BCUT2D eigenvalue weighted by Gasteiger charge is 2.10. The molecule has 0 aliphatic carbocycles. The average Bonchev–Trinajstić information content (AvgIpc) is 2.25. The molecular formula is C12H20N2O2. The maximum Gasteiger partial charge on any atom is 0.0931 e. The number of hydrogen-bond donors (Lipinski definition) is 2. The monoisotopic (exact) mass is 224 g/mol. The van der Waals surface area contributed by atoms with Gasteiger partial charge in [0.25, 0.3) is 0 Å². The second kappa shape index (κ2) is 5.82. The maximum atomic E-state index is 9.35. The van der Waals surface area contributed by atoms with Crippen LogP contribution in [0, 0.1) is 0 Å². The van der Waals surface area contributed by atoms with Crippen LogP contribution in [0.25, 0.3) is 0 Å². The van der Waals surface area contributed by atoms with E-state index in [1.54, 1.807) is 13.1 Å². The smallest absolute Gasteiger partial charge is 0.0931 e. The molecule has 0 unspecified atom stereocenters. The summed E-state index contributed by atoms with van der Waals surface area (Å²) in [6.45, 7) is 6.54. The lowest BCUT2D eigenvalue weighted by Gasteiger charge is -2.28. The number of aliphatic hydroxyl groups is 2. The largest absolute Gasteiger partial charge is 0.395 e. The van der Waals surface area contributed by atoms with Gasteiger partial charge in [0.15, 0.2) is 0 Å². The van der Waals surface area contributed by atoms with Crippen LogP contribution in [0.2, 0.25) is 0 Å². The van der Waals surface area contributed by atoms with Crippen LogP contribution >= 0.6 is 0 Å². The van der Waals surface area contributed by atoms with Crippen molar-refractivity contribution in [1.82, 2.24) is 4.98 Å². The number of rotatable bonds is 5. The first-order valence-corrected chi connectivity index (χ1v) is 5.57. The molecule has 90 valence electrons. The van der Waals surface area contributed by atoms with Gasteiger partial charge in [-0.1, -0.05) is 0 Å². The molecule has 1 rings (SSSR count). The van der Waals surface area contributed by atoms with Gasteiger partial charge in [-0.2, -0.15) is 0 Å². The van der Waals surface area contributed by atoms with Crippen molar-refractivity contribution >= 4 is 5.69 Å². The minimum atomic E-state index is -0.542. The van der Waals surface area contributed by atoms with Crippen LogP contribution in [-0.4, -0.2) is 34.4 Å². The van der Waals surface area contributed by atoms with Gasteiger partial charge in [-0.05, 0) is 32.9 Å². The van der Waals surface area contributed by atoms with Crippen LogP contribution in [0.4, 0.5) is 5.69 Å². The third kappa shape index (κ3) is 3.18. The second-order valence-electron chi connectivity index (χ2n) is 4.13. The molecule has 0 saturated heterocycles. The van der Waals surface area contributed by atoms with Gasteiger partial charge in [-0.3, -0.25) is 4.98 Å². The summed E-state index contributed by atoms with van der Waals surface area (Å²) >= 11 is 0. The third-order valence-electron chi connectivity index (χ3n) is 2.49. The summed E-state index contributed by atoms with van der Waals surface area (Å²) in [4.78, 5) is 6.26. The van der Waals surface area contributed by atoms with E-state index in [1.807, 2.05) is 12.1 Å². The normalized spacial score (nSPS) is 12.9. The fourth-order valence-electron chi connectivity index (χ4n) is 1.61. The van der Waals surface area contributed by atoms with E-state index in [9.17, 15) is 5.11 Å². The van der Waals surface area contributed by atoms with E-state index in [4.69, 9.17) is 5.11 Å². The van der Waals surface area contributed by atoms with Gasteiger partial charge in [0, 0.05) is 12.6 Å². The topological polar surface area (TPSA) is 56.6 Å². The van der Waals surface area contributed by atoms with Crippen molar-refractivity contribution in [1.29, 1.82) is 0 Å². The molecule has 0 fully saturated rings. The van der Waals surface area contributed by atoms with Crippen LogP contribution in [0.15, 0.2) is 18.3 Å². The first kappa shape index (κ1) is 12.9. The number of hydrogen-bond acceptors (Lipinski definition) is 4. The molecule has 16 heavy (non-hydrogen) atoms. The Kier molecular flexibility index (Phi) is 4.71. The van der Waals surface area contributed by atoms with Crippen LogP contribution in [0.1, 0.15) is 32.6 Å². The summed E-state index contributed by atoms with van der Waals surface area (Å²) in [5.74, 6) is 0. The summed E-state index contributed by atoms with van der Waals surface area (Å²) in [6, 6.07) is 4.05. The second-order valence-corrected chi connectivity index (χ2v) is 4.13. The number of anilines is 1. The fraction of sp³-hybridized carbons (Fsp3) is 0.583. The molecule has 0 saturated carbocycles. The Morgan fingerprint density at radius 3 is 2.38 bits per heavy atom. The molecular weight excluding hydrogens is 204 g/mol. The number of nitrogens with zero attached hydrogens (tertiary/aromatic N) is 2. The first-order chi connectivity index (χ1) is 7.56. The lowest BCUT2D eigenvalue weighted by Crippen LogP contribution is -2.33. The third-order valence-corrected chi connectivity index (χ3v) is 2.49. The summed E-state index contributed by atoms with van der Waals surface area (Å²) in [6.07, 6.45) is 1.19. The molecule has 0 aliphatic heterocycles. The van der Waals surface area contributed by atoms with Gasteiger partial charge >= 0.3 is 0 Å². The lowest BCUT2D eigenvalue weighted by molar-refractivity contribution is 0.194. The van der Waals surface area contributed by atoms with Crippen molar-refractivity contribution in [2.24, 2.45) is 0 Å². The Labute approximate surface area is 96.6 Å². The maximum absolute atomic E-state index is 9.35. The summed E-state index contributed by atoms with van der Waals surface area (Å²) in [7, 11) is 0. The van der Waals surface area contributed by atoms with E-state index in [0.29, 0.717) is 18.3 Å². The van der Waals surface area contributed by atoms with Gasteiger partial charge in [-0.25, -0.2) is 0 Å². The van der Waals surface area contributed by atoms with Crippen molar-refractivity contribution in [2.75, 3.05) is 18.1 Å². The molecule has 0 spiro atoms. The number of aliphatic hydroxyl groups excluding tert-OH is 2. The van der Waals surface area contributed by atoms with Gasteiger partial charge in [0.1, 0.15) is 0 Å². The van der Waals surface area contributed by atoms with Crippen LogP contribution < -0.4 is 4.90 Å². The van der Waals surface area contributed by atoms with Gasteiger partial charge < -0.3 is 15.1 Å². The first-order valence-electron chi connectivity index (χ1n) is 5.57. The van der Waals surface area contributed by atoms with Crippen LogP contribution in [0.3, 0.4) is 0 Å². The molecule has 1 atom stereocenters. The molecule has 0 amide bonds. The Bertz CT molecular complexity index is 309. The average molecular weight is 224 g/mol. The summed E-state index contributed by atoms with van der Waals surface area (Å²) in [5, 5.41) is 18.3. The Balaban J connectivity index is 2.85. The van der Waals surface area contributed by atoms with E-state index >= 15 is 0 Å². The minimum Gasteiger partial charge on any atom is -0.395 e. The number of aromatic nitrogens is 1.